The molecule has 172 valence electrons. The van der Waals surface area contributed by atoms with Crippen molar-refractivity contribution in [2.24, 2.45) is 13.0 Å². The van der Waals surface area contributed by atoms with E-state index in [1.807, 2.05) is 4.90 Å². The van der Waals surface area contributed by atoms with Gasteiger partial charge in [-0.3, -0.25) is 9.48 Å². The summed E-state index contributed by atoms with van der Waals surface area (Å²) in [6, 6.07) is 1.60. The molecule has 2 atom stereocenters. The van der Waals surface area contributed by atoms with Crippen molar-refractivity contribution in [3.8, 4) is 17.3 Å². The van der Waals surface area contributed by atoms with Crippen molar-refractivity contribution in [3.63, 3.8) is 0 Å². The second-order valence-corrected chi connectivity index (χ2v) is 7.98. The number of hydrogen-bond acceptors (Lipinski definition) is 8. The molecule has 2 aromatic rings. The fourth-order valence-electron chi connectivity index (χ4n) is 4.28. The normalized spacial score (nSPS) is 21.4. The van der Waals surface area contributed by atoms with Crippen LogP contribution in [-0.4, -0.2) is 63.4 Å². The number of allylic oxidation sites excluding steroid dienone is 3. The summed E-state index contributed by atoms with van der Waals surface area (Å²) in [6.07, 6.45) is 5.67. The van der Waals surface area contributed by atoms with Crippen LogP contribution in [-0.2, 0) is 23.1 Å². The van der Waals surface area contributed by atoms with Crippen molar-refractivity contribution < 1.29 is 13.9 Å². The summed E-state index contributed by atoms with van der Waals surface area (Å²) in [7, 11) is 3.28. The molecular formula is C22H25FN8O2. The molecule has 0 aliphatic carbocycles. The molecule has 10 nitrogen and oxygen atoms in total. The second kappa shape index (κ2) is 8.99. The Bertz CT molecular complexity index is 1180. The number of fused-ring (bicyclic) bond motifs is 6. The van der Waals surface area contributed by atoms with Gasteiger partial charge in [-0.2, -0.15) is 10.4 Å². The number of rotatable bonds is 2. The van der Waals surface area contributed by atoms with Gasteiger partial charge < -0.3 is 20.3 Å². The Morgan fingerprint density at radius 1 is 1.42 bits per heavy atom. The molecule has 0 spiro atoms. The van der Waals surface area contributed by atoms with Gasteiger partial charge in [0.1, 0.15) is 17.6 Å². The second-order valence-electron chi connectivity index (χ2n) is 7.98. The zero-order valence-corrected chi connectivity index (χ0v) is 18.7. The number of nitrogens with two attached hydrogens (primary N) is 1. The lowest BCUT2D eigenvalue weighted by molar-refractivity contribution is -0.134. The highest BCUT2D eigenvalue weighted by atomic mass is 19.1. The predicted octanol–water partition coefficient (Wildman–Crippen LogP) is 1.55. The summed E-state index contributed by atoms with van der Waals surface area (Å²) in [6.45, 7) is 2.77. The first-order valence-corrected chi connectivity index (χ1v) is 10.5. The molecule has 2 aromatic heterocycles. The van der Waals surface area contributed by atoms with Crippen LogP contribution >= 0.6 is 0 Å². The lowest BCUT2D eigenvalue weighted by atomic mass is 9.95. The molecule has 1 amide bonds. The minimum atomic E-state index is -0.878. The van der Waals surface area contributed by atoms with E-state index in [9.17, 15) is 14.4 Å². The van der Waals surface area contributed by atoms with Gasteiger partial charge in [0, 0.05) is 20.6 Å². The fraction of sp³-hybridized carbons (Fsp3) is 0.409. The summed E-state index contributed by atoms with van der Waals surface area (Å²) in [5.74, 6) is -1.18. The van der Waals surface area contributed by atoms with Crippen molar-refractivity contribution in [2.75, 3.05) is 37.4 Å². The Labute approximate surface area is 190 Å². The van der Waals surface area contributed by atoms with E-state index in [0.717, 1.165) is 0 Å². The van der Waals surface area contributed by atoms with E-state index in [1.165, 1.54) is 27.9 Å². The van der Waals surface area contributed by atoms with Crippen molar-refractivity contribution in [3.05, 3.63) is 41.6 Å². The van der Waals surface area contributed by atoms with Gasteiger partial charge in [0.15, 0.2) is 11.6 Å². The Kier molecular flexibility index (Phi) is 6.11. The number of morpholine rings is 1. The van der Waals surface area contributed by atoms with Gasteiger partial charge >= 0.3 is 0 Å². The van der Waals surface area contributed by atoms with Gasteiger partial charge in [-0.25, -0.2) is 14.4 Å². The standard InChI is InChI=1S/C22H25FN8O2/c1-4-5-13(23)8-14-18-12-33-7-6-31(18)21-20(25)26-10-15(27-21)19-16(11-29(2)22(14)32)28-30(3)17(19)9-24/h4-5,8,10,14,18H,6-7,11-12H2,1-3H3,(H2,25,26)/b5-4-,13-8+/t14?,18-/m1/s1. The molecule has 2 aliphatic rings. The molecule has 1 fully saturated rings. The summed E-state index contributed by atoms with van der Waals surface area (Å²) in [4.78, 5) is 26.0. The average molecular weight is 452 g/mol. The van der Waals surface area contributed by atoms with Crippen LogP contribution in [0, 0.1) is 17.2 Å². The molecule has 2 aliphatic heterocycles. The van der Waals surface area contributed by atoms with Crippen LogP contribution in [0.1, 0.15) is 18.3 Å². The zero-order chi connectivity index (χ0) is 23.7. The van der Waals surface area contributed by atoms with E-state index < -0.39 is 17.8 Å². The van der Waals surface area contributed by atoms with Gasteiger partial charge in [0.2, 0.25) is 5.91 Å². The summed E-state index contributed by atoms with van der Waals surface area (Å²) in [5, 5.41) is 14.2. The minimum absolute atomic E-state index is 0.105. The van der Waals surface area contributed by atoms with Crippen LogP contribution in [0.15, 0.2) is 30.3 Å². The fourth-order valence-corrected chi connectivity index (χ4v) is 4.28. The van der Waals surface area contributed by atoms with Crippen LogP contribution in [0.3, 0.4) is 0 Å². The number of anilines is 2. The Balaban J connectivity index is 1.97. The maximum atomic E-state index is 14.6. The third-order valence-electron chi connectivity index (χ3n) is 5.83. The van der Waals surface area contributed by atoms with Crippen LogP contribution in [0.25, 0.3) is 11.3 Å². The van der Waals surface area contributed by atoms with Gasteiger partial charge in [0.05, 0.1) is 54.9 Å². The minimum Gasteiger partial charge on any atom is -0.381 e. The molecule has 2 N–H and O–H groups in total. The van der Waals surface area contributed by atoms with Crippen LogP contribution in [0.2, 0.25) is 0 Å². The largest absolute Gasteiger partial charge is 0.381 e. The number of aromatic nitrogens is 4. The molecule has 4 heterocycles. The number of ether oxygens (including phenoxy) is 1. The Hall–Kier alpha value is -3.78. The van der Waals surface area contributed by atoms with E-state index in [-0.39, 0.29) is 24.9 Å². The van der Waals surface area contributed by atoms with E-state index >= 15 is 0 Å². The first kappa shape index (κ1) is 22.4. The number of nitrogens with zero attached hydrogens (tertiary/aromatic N) is 7. The number of aryl methyl sites for hydroxylation is 1. The highest BCUT2D eigenvalue weighted by Gasteiger charge is 2.38. The van der Waals surface area contributed by atoms with E-state index in [1.54, 1.807) is 27.1 Å². The molecule has 11 heteroatoms. The average Bonchev–Trinajstić information content (AvgIpc) is 3.11. The number of halogens is 1. The van der Waals surface area contributed by atoms with Gasteiger partial charge in [-0.1, -0.05) is 6.08 Å². The van der Waals surface area contributed by atoms with Gasteiger partial charge in [-0.15, -0.1) is 0 Å². The molecule has 0 aromatic carbocycles. The molecular weight excluding hydrogens is 427 g/mol. The van der Waals surface area contributed by atoms with Gasteiger partial charge in [-0.05, 0) is 19.1 Å². The zero-order valence-electron chi connectivity index (χ0n) is 18.7. The molecule has 4 rings (SSSR count). The number of carbonyl (C=O) groups is 1. The van der Waals surface area contributed by atoms with Gasteiger partial charge in [0.25, 0.3) is 0 Å². The number of amides is 1. The molecule has 0 radical (unpaired) electrons. The van der Waals surface area contributed by atoms with Crippen molar-refractivity contribution in [1.29, 1.82) is 5.26 Å². The summed E-state index contributed by atoms with van der Waals surface area (Å²) in [5.41, 5.74) is 7.91. The van der Waals surface area contributed by atoms with Crippen LogP contribution in [0.4, 0.5) is 16.0 Å². The Morgan fingerprint density at radius 2 is 2.21 bits per heavy atom. The Morgan fingerprint density at radius 3 is 2.94 bits per heavy atom. The molecule has 33 heavy (non-hydrogen) atoms. The third-order valence-corrected chi connectivity index (χ3v) is 5.83. The lowest BCUT2D eigenvalue weighted by Crippen LogP contribution is -2.53. The number of hydrogen-bond donors (Lipinski definition) is 1. The monoisotopic (exact) mass is 452 g/mol. The smallest absolute Gasteiger partial charge is 0.231 e. The van der Waals surface area contributed by atoms with E-state index in [2.05, 4.69) is 16.2 Å². The lowest BCUT2D eigenvalue weighted by Gasteiger charge is -2.40. The highest BCUT2D eigenvalue weighted by molar-refractivity contribution is 5.83. The maximum Gasteiger partial charge on any atom is 0.231 e. The van der Waals surface area contributed by atoms with E-state index in [0.29, 0.717) is 41.6 Å². The summed E-state index contributed by atoms with van der Waals surface area (Å²) < 4.78 is 21.7. The highest BCUT2D eigenvalue weighted by Crippen LogP contribution is 2.34. The van der Waals surface area contributed by atoms with Crippen LogP contribution in [0.5, 0.6) is 0 Å². The topological polar surface area (TPSA) is 126 Å². The predicted molar refractivity (Wildman–Crippen MR) is 119 cm³/mol. The SMILES string of the molecule is C/C=C\C(F)=C/C1C(=O)N(C)Cc2nn(C)c(C#N)c2-c2cnc(N)c(n2)N2CCOC[C@H]12. The summed E-state index contributed by atoms with van der Waals surface area (Å²) >= 11 is 0. The van der Waals surface area contributed by atoms with Crippen LogP contribution < -0.4 is 10.6 Å². The molecule has 1 unspecified atom stereocenters. The first-order valence-electron chi connectivity index (χ1n) is 10.5. The third kappa shape index (κ3) is 4.05. The van der Waals surface area contributed by atoms with Crippen molar-refractivity contribution >= 4 is 17.5 Å². The quantitative estimate of drug-likeness (QED) is 0.680. The first-order chi connectivity index (χ1) is 15.8. The number of nitrogen functional groups attached to an aromatic ring is 1. The molecule has 0 saturated carbocycles. The maximum absolute atomic E-state index is 14.6. The van der Waals surface area contributed by atoms with E-state index in [4.69, 9.17) is 15.5 Å². The molecule has 2 bridgehead atoms. The van der Waals surface area contributed by atoms with Crippen molar-refractivity contribution in [2.45, 2.75) is 19.5 Å². The molecule has 1 saturated heterocycles. The van der Waals surface area contributed by atoms with Crippen molar-refractivity contribution in [1.82, 2.24) is 24.6 Å². The number of carbonyl (C=O) groups excluding carboxylic acids is 1. The number of nitriles is 1.